The van der Waals surface area contributed by atoms with E-state index in [4.69, 9.17) is 4.74 Å². The van der Waals surface area contributed by atoms with E-state index in [1.807, 2.05) is 12.2 Å². The van der Waals surface area contributed by atoms with Crippen LogP contribution in [-0.2, 0) is 14.9 Å². The molecule has 0 fully saturated rings. The lowest BCUT2D eigenvalue weighted by molar-refractivity contribution is -0.120. The highest BCUT2D eigenvalue weighted by Gasteiger charge is 2.48. The van der Waals surface area contributed by atoms with Crippen LogP contribution in [0, 0.1) is 0 Å². The second kappa shape index (κ2) is 4.20. The smallest absolute Gasteiger partial charge is 0.337 e. The molecule has 1 amide bonds. The molecule has 1 aliphatic carbocycles. The molecule has 5 heteroatoms. The van der Waals surface area contributed by atoms with Gasteiger partial charge in [0.25, 0.3) is 0 Å². The average Bonchev–Trinajstić information content (AvgIpc) is 2.97. The van der Waals surface area contributed by atoms with Crippen LogP contribution in [0.5, 0.6) is 0 Å². The van der Waals surface area contributed by atoms with E-state index in [0.717, 1.165) is 10.0 Å². The Balaban J connectivity index is 2.15. The zero-order valence-electron chi connectivity index (χ0n) is 10.3. The van der Waals surface area contributed by atoms with Gasteiger partial charge in [0, 0.05) is 15.7 Å². The number of benzene rings is 1. The van der Waals surface area contributed by atoms with Crippen LogP contribution in [0.4, 0.5) is 5.69 Å². The molecule has 4 nitrogen and oxygen atoms in total. The van der Waals surface area contributed by atoms with E-state index in [2.05, 4.69) is 21.2 Å². The number of allylic oxidation sites excluding steroid dienone is 2. The fraction of sp³-hybridized carbons (Fsp3) is 0.286. The van der Waals surface area contributed by atoms with Gasteiger partial charge in [0.2, 0.25) is 5.91 Å². The van der Waals surface area contributed by atoms with Gasteiger partial charge >= 0.3 is 5.97 Å². The second-order valence-electron chi connectivity index (χ2n) is 4.79. The monoisotopic (exact) mass is 321 g/mol. The number of fused-ring (bicyclic) bond motifs is 2. The number of ether oxygens (including phenoxy) is 1. The Kier molecular flexibility index (Phi) is 2.74. The first-order valence-electron chi connectivity index (χ1n) is 5.97. The fourth-order valence-electron chi connectivity index (χ4n) is 2.82. The highest BCUT2D eigenvalue weighted by atomic mass is 79.9. The van der Waals surface area contributed by atoms with Crippen molar-refractivity contribution in [3.8, 4) is 0 Å². The molecule has 0 unspecified atom stereocenters. The van der Waals surface area contributed by atoms with Crippen molar-refractivity contribution in [1.29, 1.82) is 0 Å². The average molecular weight is 322 g/mol. The van der Waals surface area contributed by atoms with Crippen LogP contribution >= 0.6 is 15.9 Å². The van der Waals surface area contributed by atoms with E-state index in [1.165, 1.54) is 7.11 Å². The third-order valence-electron chi connectivity index (χ3n) is 3.77. The van der Waals surface area contributed by atoms with E-state index in [0.29, 0.717) is 24.1 Å². The summed E-state index contributed by atoms with van der Waals surface area (Å²) in [4.78, 5) is 23.9. The molecule has 0 saturated heterocycles. The van der Waals surface area contributed by atoms with Crippen molar-refractivity contribution in [2.24, 2.45) is 0 Å². The Morgan fingerprint density at radius 1 is 1.37 bits per heavy atom. The first-order valence-corrected chi connectivity index (χ1v) is 6.76. The highest BCUT2D eigenvalue weighted by Crippen LogP contribution is 2.49. The molecule has 1 aliphatic heterocycles. The summed E-state index contributed by atoms with van der Waals surface area (Å²) < 4.78 is 5.48. The number of esters is 1. The van der Waals surface area contributed by atoms with Crippen LogP contribution in [0.2, 0.25) is 0 Å². The van der Waals surface area contributed by atoms with E-state index in [-0.39, 0.29) is 5.91 Å². The first-order chi connectivity index (χ1) is 9.08. The molecule has 0 bridgehead atoms. The van der Waals surface area contributed by atoms with Crippen molar-refractivity contribution in [2.45, 2.75) is 18.3 Å². The SMILES string of the molecule is COC(=O)c1cc(Br)c2c(c1)NC(=O)C21CC=CC1. The molecular formula is C14H12BrNO3. The number of nitrogens with one attached hydrogen (secondary N) is 1. The molecule has 0 aromatic heterocycles. The van der Waals surface area contributed by atoms with Gasteiger partial charge in [-0.1, -0.05) is 28.1 Å². The largest absolute Gasteiger partial charge is 0.465 e. The van der Waals surface area contributed by atoms with Crippen molar-refractivity contribution in [2.75, 3.05) is 12.4 Å². The summed E-state index contributed by atoms with van der Waals surface area (Å²) in [5, 5.41) is 2.87. The number of rotatable bonds is 1. The summed E-state index contributed by atoms with van der Waals surface area (Å²) in [5.41, 5.74) is 1.55. The van der Waals surface area contributed by atoms with Crippen molar-refractivity contribution in [1.82, 2.24) is 0 Å². The molecule has 1 heterocycles. The van der Waals surface area contributed by atoms with Crippen LogP contribution in [0.25, 0.3) is 0 Å². The number of carbonyl (C=O) groups excluding carboxylic acids is 2. The van der Waals surface area contributed by atoms with Crippen LogP contribution in [0.15, 0.2) is 28.8 Å². The Bertz CT molecular complexity index is 613. The maximum Gasteiger partial charge on any atom is 0.337 e. The van der Waals surface area contributed by atoms with Crippen molar-refractivity contribution >= 4 is 33.5 Å². The molecule has 0 radical (unpaired) electrons. The third kappa shape index (κ3) is 1.64. The highest BCUT2D eigenvalue weighted by molar-refractivity contribution is 9.10. The third-order valence-corrected chi connectivity index (χ3v) is 4.40. The van der Waals surface area contributed by atoms with Crippen molar-refractivity contribution < 1.29 is 14.3 Å². The van der Waals surface area contributed by atoms with Crippen LogP contribution in [0.3, 0.4) is 0 Å². The summed E-state index contributed by atoms with van der Waals surface area (Å²) in [6.45, 7) is 0. The molecule has 19 heavy (non-hydrogen) atoms. The standard InChI is InChI=1S/C14H12BrNO3/c1-19-12(17)8-6-9(15)11-10(7-8)16-13(18)14(11)4-2-3-5-14/h2-3,6-7H,4-5H2,1H3,(H,16,18). The summed E-state index contributed by atoms with van der Waals surface area (Å²) >= 11 is 3.48. The van der Waals surface area contributed by atoms with Crippen molar-refractivity contribution in [3.63, 3.8) is 0 Å². The molecule has 1 spiro atoms. The lowest BCUT2D eigenvalue weighted by Gasteiger charge is -2.22. The minimum atomic E-state index is -0.511. The first kappa shape index (κ1) is 12.4. The van der Waals surface area contributed by atoms with Crippen LogP contribution in [-0.4, -0.2) is 19.0 Å². The number of methoxy groups -OCH3 is 1. The minimum Gasteiger partial charge on any atom is -0.465 e. The topological polar surface area (TPSA) is 55.4 Å². The van der Waals surface area contributed by atoms with Gasteiger partial charge in [0.15, 0.2) is 0 Å². The fourth-order valence-corrected chi connectivity index (χ4v) is 3.66. The molecule has 0 atom stereocenters. The second-order valence-corrected chi connectivity index (χ2v) is 5.64. The minimum absolute atomic E-state index is 0.00443. The molecule has 98 valence electrons. The molecule has 1 N–H and O–H groups in total. The Labute approximate surface area is 119 Å². The lowest BCUT2D eigenvalue weighted by atomic mass is 9.79. The van der Waals surface area contributed by atoms with Gasteiger partial charge in [-0.05, 0) is 25.0 Å². The molecular weight excluding hydrogens is 310 g/mol. The molecule has 1 aromatic rings. The van der Waals surface area contributed by atoms with Crippen LogP contribution in [0.1, 0.15) is 28.8 Å². The van der Waals surface area contributed by atoms with Gasteiger partial charge in [0.1, 0.15) is 0 Å². The quantitative estimate of drug-likeness (QED) is 0.639. The molecule has 1 aromatic carbocycles. The van der Waals surface area contributed by atoms with E-state index in [9.17, 15) is 9.59 Å². The number of amides is 1. The summed E-state index contributed by atoms with van der Waals surface area (Å²) in [5.74, 6) is -0.418. The molecule has 3 rings (SSSR count). The van der Waals surface area contributed by atoms with Gasteiger partial charge < -0.3 is 10.1 Å². The van der Waals surface area contributed by atoms with Gasteiger partial charge in [-0.25, -0.2) is 4.79 Å². The maximum atomic E-state index is 12.3. The van der Waals surface area contributed by atoms with E-state index in [1.54, 1.807) is 12.1 Å². The number of carbonyl (C=O) groups is 2. The normalized spacial score (nSPS) is 18.5. The van der Waals surface area contributed by atoms with Gasteiger partial charge in [-0.2, -0.15) is 0 Å². The lowest BCUT2D eigenvalue weighted by Crippen LogP contribution is -2.31. The zero-order chi connectivity index (χ0) is 13.6. The summed E-state index contributed by atoms with van der Waals surface area (Å²) in [7, 11) is 1.34. The van der Waals surface area contributed by atoms with E-state index >= 15 is 0 Å². The van der Waals surface area contributed by atoms with Crippen LogP contribution < -0.4 is 5.32 Å². The van der Waals surface area contributed by atoms with Crippen molar-refractivity contribution in [3.05, 3.63) is 39.9 Å². The van der Waals surface area contributed by atoms with Gasteiger partial charge in [-0.15, -0.1) is 0 Å². The van der Waals surface area contributed by atoms with Gasteiger partial charge in [0.05, 0.1) is 18.1 Å². The Hall–Kier alpha value is -1.62. The number of hydrogen-bond acceptors (Lipinski definition) is 3. The van der Waals surface area contributed by atoms with Gasteiger partial charge in [-0.3, -0.25) is 4.79 Å². The molecule has 2 aliphatic rings. The molecule has 0 saturated carbocycles. The van der Waals surface area contributed by atoms with E-state index < -0.39 is 11.4 Å². The Morgan fingerprint density at radius 2 is 2.05 bits per heavy atom. The summed E-state index contributed by atoms with van der Waals surface area (Å²) in [6.07, 6.45) is 5.44. The zero-order valence-corrected chi connectivity index (χ0v) is 11.9. The predicted octanol–water partition coefficient (Wildman–Crippen LogP) is 2.78. The number of anilines is 1. The maximum absolute atomic E-state index is 12.3. The summed E-state index contributed by atoms with van der Waals surface area (Å²) in [6, 6.07) is 3.39. The number of hydrogen-bond donors (Lipinski definition) is 1. The number of halogens is 1. The predicted molar refractivity (Wildman–Crippen MR) is 74.2 cm³/mol. The Morgan fingerprint density at radius 3 is 2.68 bits per heavy atom.